The first-order valence-corrected chi connectivity index (χ1v) is 8.42. The average molecular weight is 272 g/mol. The van der Waals surface area contributed by atoms with Crippen molar-refractivity contribution in [3.63, 3.8) is 0 Å². The summed E-state index contributed by atoms with van der Waals surface area (Å²) in [5.41, 5.74) is 0. The summed E-state index contributed by atoms with van der Waals surface area (Å²) in [6, 6.07) is 19.5. The van der Waals surface area contributed by atoms with Crippen LogP contribution in [0.25, 0.3) is 0 Å². The highest BCUT2D eigenvalue weighted by molar-refractivity contribution is 7.79. The fourth-order valence-corrected chi connectivity index (χ4v) is 5.68. The molecule has 1 aliphatic heterocycles. The second kappa shape index (κ2) is 5.32. The Balaban J connectivity index is 2.13. The normalized spacial score (nSPS) is 19.5. The fraction of sp³-hybridized carbons (Fsp3) is 0.250. The van der Waals surface area contributed by atoms with Crippen molar-refractivity contribution in [2.24, 2.45) is 0 Å². The Hall–Kier alpha value is -1.37. The molecular weight excluding hydrogens is 255 g/mol. The Bertz CT molecular complexity index is 531. The topological polar surface area (TPSA) is 26.3 Å². The molecule has 3 rings (SSSR count). The van der Waals surface area contributed by atoms with Crippen LogP contribution in [0, 0.1) is 0 Å². The van der Waals surface area contributed by atoms with Gasteiger partial charge in [-0.1, -0.05) is 60.7 Å². The monoisotopic (exact) mass is 272 g/mol. The van der Waals surface area contributed by atoms with E-state index >= 15 is 0 Å². The lowest BCUT2D eigenvalue weighted by atomic mass is 10.4. The predicted molar refractivity (Wildman–Crippen MR) is 78.7 cm³/mol. The van der Waals surface area contributed by atoms with Gasteiger partial charge in [-0.25, -0.2) is 0 Å². The average Bonchev–Trinajstić information content (AvgIpc) is 3.03. The van der Waals surface area contributed by atoms with E-state index in [0.717, 1.165) is 23.5 Å². The van der Waals surface area contributed by atoms with E-state index in [4.69, 9.17) is 4.74 Å². The summed E-state index contributed by atoms with van der Waals surface area (Å²) in [4.78, 5) is 0. The summed E-state index contributed by atoms with van der Waals surface area (Å²) >= 11 is 0. The number of benzene rings is 2. The zero-order chi connectivity index (χ0) is 13.1. The molecule has 0 N–H and O–H groups in total. The second-order valence-corrected chi connectivity index (χ2v) is 7.72. The Morgan fingerprint density at radius 2 is 1.42 bits per heavy atom. The maximum absolute atomic E-state index is 13.7. The Kier molecular flexibility index (Phi) is 3.54. The summed E-state index contributed by atoms with van der Waals surface area (Å²) in [6.45, 7) is 0.717. The second-order valence-electron chi connectivity index (χ2n) is 4.80. The van der Waals surface area contributed by atoms with E-state index < -0.39 is 7.14 Å². The molecule has 2 aromatic rings. The summed E-state index contributed by atoms with van der Waals surface area (Å²) in [7, 11) is -2.69. The SMILES string of the molecule is O=P(c1ccccc1)(c1ccccc1)[C@H]1CCCO1. The minimum Gasteiger partial charge on any atom is -0.370 e. The molecule has 0 spiro atoms. The zero-order valence-corrected chi connectivity index (χ0v) is 11.6. The third-order valence-corrected chi connectivity index (χ3v) is 6.94. The van der Waals surface area contributed by atoms with Gasteiger partial charge in [-0.15, -0.1) is 0 Å². The molecule has 3 heteroatoms. The minimum absolute atomic E-state index is 0.169. The summed E-state index contributed by atoms with van der Waals surface area (Å²) in [6.07, 6.45) is 1.87. The Morgan fingerprint density at radius 1 is 0.895 bits per heavy atom. The van der Waals surface area contributed by atoms with Crippen molar-refractivity contribution in [1.29, 1.82) is 0 Å². The van der Waals surface area contributed by atoms with Crippen LogP contribution in [0.5, 0.6) is 0 Å². The van der Waals surface area contributed by atoms with E-state index in [-0.39, 0.29) is 5.85 Å². The lowest BCUT2D eigenvalue weighted by Crippen LogP contribution is -2.25. The largest absolute Gasteiger partial charge is 0.370 e. The van der Waals surface area contributed by atoms with E-state index in [2.05, 4.69) is 0 Å². The highest BCUT2D eigenvalue weighted by Crippen LogP contribution is 2.52. The molecule has 0 aromatic heterocycles. The highest BCUT2D eigenvalue weighted by Gasteiger charge is 2.39. The first kappa shape index (κ1) is 12.7. The first-order chi connectivity index (χ1) is 9.32. The molecule has 2 nitrogen and oxygen atoms in total. The van der Waals surface area contributed by atoms with Gasteiger partial charge in [0.1, 0.15) is 5.85 Å². The number of rotatable bonds is 3. The van der Waals surface area contributed by atoms with Gasteiger partial charge in [-0.05, 0) is 12.8 Å². The van der Waals surface area contributed by atoms with Crippen molar-refractivity contribution < 1.29 is 9.30 Å². The molecule has 2 aromatic carbocycles. The highest BCUT2D eigenvalue weighted by atomic mass is 31.2. The van der Waals surface area contributed by atoms with Crippen molar-refractivity contribution in [2.75, 3.05) is 6.61 Å². The molecule has 0 bridgehead atoms. The van der Waals surface area contributed by atoms with Gasteiger partial charge in [0, 0.05) is 17.2 Å². The number of hydrogen-bond acceptors (Lipinski definition) is 2. The van der Waals surface area contributed by atoms with E-state index in [1.165, 1.54) is 0 Å². The van der Waals surface area contributed by atoms with E-state index in [1.807, 2.05) is 60.7 Å². The van der Waals surface area contributed by atoms with Crippen molar-refractivity contribution in [1.82, 2.24) is 0 Å². The lowest BCUT2D eigenvalue weighted by Gasteiger charge is -2.24. The van der Waals surface area contributed by atoms with Gasteiger partial charge in [0.2, 0.25) is 0 Å². The van der Waals surface area contributed by atoms with Crippen molar-refractivity contribution in [3.8, 4) is 0 Å². The summed E-state index contributed by atoms with van der Waals surface area (Å²) < 4.78 is 19.5. The predicted octanol–water partition coefficient (Wildman–Crippen LogP) is 3.14. The fourth-order valence-electron chi connectivity index (χ4n) is 2.63. The number of hydrogen-bond donors (Lipinski definition) is 0. The van der Waals surface area contributed by atoms with Gasteiger partial charge in [-0.2, -0.15) is 0 Å². The van der Waals surface area contributed by atoms with Crippen LogP contribution < -0.4 is 10.6 Å². The van der Waals surface area contributed by atoms with Crippen molar-refractivity contribution in [2.45, 2.75) is 18.7 Å². The lowest BCUT2D eigenvalue weighted by molar-refractivity contribution is 0.166. The van der Waals surface area contributed by atoms with Gasteiger partial charge < -0.3 is 9.30 Å². The quantitative estimate of drug-likeness (QED) is 0.802. The maximum atomic E-state index is 13.7. The van der Waals surface area contributed by atoms with Crippen LogP contribution in [0.15, 0.2) is 60.7 Å². The van der Waals surface area contributed by atoms with Crippen molar-refractivity contribution >= 4 is 17.8 Å². The molecule has 98 valence electrons. The molecule has 0 aliphatic carbocycles. The van der Waals surface area contributed by atoms with Gasteiger partial charge in [0.05, 0.1) is 0 Å². The van der Waals surface area contributed by atoms with Crippen LogP contribution in [-0.4, -0.2) is 12.5 Å². The smallest absolute Gasteiger partial charge is 0.170 e. The molecule has 1 aliphatic rings. The Morgan fingerprint density at radius 3 is 1.84 bits per heavy atom. The third kappa shape index (κ3) is 2.27. The van der Waals surface area contributed by atoms with Gasteiger partial charge in [-0.3, -0.25) is 0 Å². The van der Waals surface area contributed by atoms with Crippen molar-refractivity contribution in [3.05, 3.63) is 60.7 Å². The molecule has 1 fully saturated rings. The van der Waals surface area contributed by atoms with Crippen LogP contribution in [0.2, 0.25) is 0 Å². The van der Waals surface area contributed by atoms with Crippen LogP contribution in [0.1, 0.15) is 12.8 Å². The summed E-state index contributed by atoms with van der Waals surface area (Å²) in [5.74, 6) is -0.169. The minimum atomic E-state index is -2.69. The van der Waals surface area contributed by atoms with Gasteiger partial charge >= 0.3 is 0 Å². The van der Waals surface area contributed by atoms with Crippen LogP contribution in [-0.2, 0) is 9.30 Å². The molecule has 1 heterocycles. The molecule has 0 amide bonds. The van der Waals surface area contributed by atoms with Crippen LogP contribution >= 0.6 is 7.14 Å². The van der Waals surface area contributed by atoms with E-state index in [9.17, 15) is 4.57 Å². The van der Waals surface area contributed by atoms with Crippen LogP contribution in [0.4, 0.5) is 0 Å². The molecule has 0 unspecified atom stereocenters. The summed E-state index contributed by atoms with van der Waals surface area (Å²) in [5, 5.41) is 1.79. The van der Waals surface area contributed by atoms with E-state index in [1.54, 1.807) is 0 Å². The van der Waals surface area contributed by atoms with E-state index in [0.29, 0.717) is 6.61 Å². The molecule has 19 heavy (non-hydrogen) atoms. The third-order valence-electron chi connectivity index (χ3n) is 3.59. The molecular formula is C16H17O2P. The molecule has 0 radical (unpaired) electrons. The Labute approximate surface area is 113 Å². The molecule has 1 saturated heterocycles. The standard InChI is InChI=1S/C16H17O2P/c17-19(16-12-7-13-18-16,14-8-3-1-4-9-14)15-10-5-2-6-11-15/h1-6,8-11,16H,7,12-13H2/t16-/m0/s1. The molecule has 1 atom stereocenters. The van der Waals surface area contributed by atoms with Crippen LogP contribution in [0.3, 0.4) is 0 Å². The first-order valence-electron chi connectivity index (χ1n) is 6.64. The maximum Gasteiger partial charge on any atom is 0.170 e. The zero-order valence-electron chi connectivity index (χ0n) is 10.7. The van der Waals surface area contributed by atoms with Gasteiger partial charge in [0.25, 0.3) is 0 Å². The molecule has 0 saturated carbocycles. The van der Waals surface area contributed by atoms with Gasteiger partial charge in [0.15, 0.2) is 7.14 Å². The number of ether oxygens (including phenoxy) is 1.